The van der Waals surface area contributed by atoms with Crippen molar-refractivity contribution in [3.8, 4) is 0 Å². The predicted octanol–water partition coefficient (Wildman–Crippen LogP) is 2.23. The summed E-state index contributed by atoms with van der Waals surface area (Å²) in [4.78, 5) is 1.37. The number of ether oxygens (including phenoxy) is 1. The molecule has 0 atom stereocenters. The van der Waals surface area contributed by atoms with Crippen LogP contribution in [0.15, 0.2) is 15.9 Å². The molecule has 5 heteroatoms. The summed E-state index contributed by atoms with van der Waals surface area (Å²) < 4.78 is 6.15. The van der Waals surface area contributed by atoms with Gasteiger partial charge in [0.2, 0.25) is 0 Å². The average molecular weight is 307 g/mol. The van der Waals surface area contributed by atoms with E-state index in [1.54, 1.807) is 18.4 Å². The zero-order chi connectivity index (χ0) is 11.6. The maximum absolute atomic E-state index is 4.95. The van der Waals surface area contributed by atoms with Crippen LogP contribution in [-0.4, -0.2) is 33.4 Å². The Morgan fingerprint density at radius 2 is 2.06 bits per heavy atom. The summed E-state index contributed by atoms with van der Waals surface area (Å²) in [5, 5.41) is 6.74. The van der Waals surface area contributed by atoms with Crippen molar-refractivity contribution in [2.45, 2.75) is 13.0 Å². The maximum atomic E-state index is 4.95. The first-order valence-electron chi connectivity index (χ1n) is 5.47. The third kappa shape index (κ3) is 6.60. The highest BCUT2D eigenvalue weighted by atomic mass is 79.9. The summed E-state index contributed by atoms with van der Waals surface area (Å²) in [6.07, 6.45) is 1.15. The SMILES string of the molecule is COCCNCCCNCc1ccc(Br)s1. The fraction of sp³-hybridized carbons (Fsp3) is 0.636. The van der Waals surface area contributed by atoms with E-state index in [2.05, 4.69) is 38.7 Å². The monoisotopic (exact) mass is 306 g/mol. The van der Waals surface area contributed by atoms with Gasteiger partial charge in [-0.05, 0) is 47.6 Å². The minimum absolute atomic E-state index is 0.788. The summed E-state index contributed by atoms with van der Waals surface area (Å²) in [6, 6.07) is 4.24. The number of hydrogen-bond donors (Lipinski definition) is 2. The van der Waals surface area contributed by atoms with Gasteiger partial charge < -0.3 is 15.4 Å². The second-order valence-electron chi connectivity index (χ2n) is 3.48. The molecule has 0 aliphatic heterocycles. The van der Waals surface area contributed by atoms with Crippen LogP contribution in [0.5, 0.6) is 0 Å². The van der Waals surface area contributed by atoms with Crippen molar-refractivity contribution in [2.75, 3.05) is 33.4 Å². The third-order valence-corrected chi connectivity index (χ3v) is 3.74. The molecule has 0 fully saturated rings. The molecule has 2 N–H and O–H groups in total. The van der Waals surface area contributed by atoms with Crippen LogP contribution in [0.2, 0.25) is 0 Å². The maximum Gasteiger partial charge on any atom is 0.0701 e. The number of hydrogen-bond acceptors (Lipinski definition) is 4. The molecule has 0 unspecified atom stereocenters. The molecule has 1 aromatic rings. The molecule has 16 heavy (non-hydrogen) atoms. The first-order valence-corrected chi connectivity index (χ1v) is 7.08. The zero-order valence-electron chi connectivity index (χ0n) is 9.59. The zero-order valence-corrected chi connectivity index (χ0v) is 12.0. The van der Waals surface area contributed by atoms with Gasteiger partial charge in [-0.15, -0.1) is 11.3 Å². The predicted molar refractivity (Wildman–Crippen MR) is 73.1 cm³/mol. The van der Waals surface area contributed by atoms with E-state index in [-0.39, 0.29) is 0 Å². The normalized spacial score (nSPS) is 10.9. The standard InChI is InChI=1S/C11H19BrN2OS/c1-15-8-7-13-5-2-6-14-9-10-3-4-11(12)16-10/h3-4,13-14H,2,5-9H2,1H3. The van der Waals surface area contributed by atoms with Gasteiger partial charge in [0.1, 0.15) is 0 Å². The lowest BCUT2D eigenvalue weighted by molar-refractivity contribution is 0.199. The van der Waals surface area contributed by atoms with Crippen LogP contribution in [0.3, 0.4) is 0 Å². The Morgan fingerprint density at radius 1 is 1.25 bits per heavy atom. The van der Waals surface area contributed by atoms with Crippen molar-refractivity contribution >= 4 is 27.3 Å². The van der Waals surface area contributed by atoms with Crippen molar-refractivity contribution < 1.29 is 4.74 Å². The lowest BCUT2D eigenvalue weighted by Gasteiger charge is -2.04. The van der Waals surface area contributed by atoms with Crippen molar-refractivity contribution in [1.82, 2.24) is 10.6 Å². The van der Waals surface area contributed by atoms with Crippen LogP contribution in [-0.2, 0) is 11.3 Å². The summed E-state index contributed by atoms with van der Waals surface area (Å²) in [5.74, 6) is 0. The second kappa shape index (κ2) is 9.13. The van der Waals surface area contributed by atoms with Gasteiger partial charge in [-0.25, -0.2) is 0 Å². The lowest BCUT2D eigenvalue weighted by Crippen LogP contribution is -2.24. The Morgan fingerprint density at radius 3 is 2.75 bits per heavy atom. The second-order valence-corrected chi connectivity index (χ2v) is 6.03. The fourth-order valence-corrected chi connectivity index (χ4v) is 2.75. The Bertz CT molecular complexity index is 281. The van der Waals surface area contributed by atoms with Crippen LogP contribution < -0.4 is 10.6 Å². The summed E-state index contributed by atoms with van der Waals surface area (Å²) in [7, 11) is 1.72. The third-order valence-electron chi connectivity index (χ3n) is 2.12. The Kier molecular flexibility index (Phi) is 8.06. The van der Waals surface area contributed by atoms with Crippen molar-refractivity contribution in [3.05, 3.63) is 20.8 Å². The first-order chi connectivity index (χ1) is 7.83. The van der Waals surface area contributed by atoms with Crippen molar-refractivity contribution in [1.29, 1.82) is 0 Å². The molecular formula is C11H19BrN2OS. The van der Waals surface area contributed by atoms with Crippen molar-refractivity contribution in [2.24, 2.45) is 0 Å². The van der Waals surface area contributed by atoms with E-state index in [0.717, 1.165) is 39.2 Å². The minimum atomic E-state index is 0.788. The number of nitrogens with one attached hydrogen (secondary N) is 2. The van der Waals surface area contributed by atoms with Crippen LogP contribution in [0.25, 0.3) is 0 Å². The molecule has 0 spiro atoms. The van der Waals surface area contributed by atoms with Crippen LogP contribution >= 0.6 is 27.3 Å². The Labute approximate surface area is 110 Å². The van der Waals surface area contributed by atoms with Gasteiger partial charge in [0.25, 0.3) is 0 Å². The molecule has 1 heterocycles. The van der Waals surface area contributed by atoms with Crippen LogP contribution in [0.4, 0.5) is 0 Å². The average Bonchev–Trinajstić information content (AvgIpc) is 2.68. The van der Waals surface area contributed by atoms with Gasteiger partial charge in [-0.1, -0.05) is 0 Å². The van der Waals surface area contributed by atoms with Gasteiger partial charge >= 0.3 is 0 Å². The molecule has 1 aromatic heterocycles. The summed E-state index contributed by atoms with van der Waals surface area (Å²) in [5.41, 5.74) is 0. The van der Waals surface area contributed by atoms with Gasteiger partial charge in [-0.2, -0.15) is 0 Å². The van der Waals surface area contributed by atoms with Gasteiger partial charge in [0.05, 0.1) is 10.4 Å². The minimum Gasteiger partial charge on any atom is -0.383 e. The van der Waals surface area contributed by atoms with Gasteiger partial charge in [0.15, 0.2) is 0 Å². The fourth-order valence-electron chi connectivity index (χ4n) is 1.30. The molecule has 0 radical (unpaired) electrons. The summed E-state index contributed by atoms with van der Waals surface area (Å²) >= 11 is 5.24. The Hall–Kier alpha value is 0.0600. The topological polar surface area (TPSA) is 33.3 Å². The summed E-state index contributed by atoms with van der Waals surface area (Å²) in [6.45, 7) is 4.79. The molecule has 0 amide bonds. The molecule has 0 aromatic carbocycles. The van der Waals surface area contributed by atoms with Crippen molar-refractivity contribution in [3.63, 3.8) is 0 Å². The molecule has 0 aliphatic rings. The van der Waals surface area contributed by atoms with Gasteiger partial charge in [0, 0.05) is 25.1 Å². The quantitative estimate of drug-likeness (QED) is 0.686. The largest absolute Gasteiger partial charge is 0.383 e. The molecule has 0 saturated carbocycles. The van der Waals surface area contributed by atoms with Gasteiger partial charge in [-0.3, -0.25) is 0 Å². The van der Waals surface area contributed by atoms with E-state index >= 15 is 0 Å². The van der Waals surface area contributed by atoms with Crippen LogP contribution in [0.1, 0.15) is 11.3 Å². The Balaban J connectivity index is 1.88. The highest BCUT2D eigenvalue weighted by Gasteiger charge is 1.96. The molecule has 1 rings (SSSR count). The molecular weight excluding hydrogens is 288 g/mol. The molecule has 0 bridgehead atoms. The van der Waals surface area contributed by atoms with E-state index in [0.29, 0.717) is 0 Å². The van der Waals surface area contributed by atoms with E-state index in [1.165, 1.54) is 8.66 Å². The van der Waals surface area contributed by atoms with Crippen LogP contribution in [0, 0.1) is 0 Å². The number of rotatable bonds is 9. The number of methoxy groups -OCH3 is 1. The number of halogens is 1. The van der Waals surface area contributed by atoms with E-state index < -0.39 is 0 Å². The molecule has 92 valence electrons. The molecule has 3 nitrogen and oxygen atoms in total. The highest BCUT2D eigenvalue weighted by molar-refractivity contribution is 9.11. The smallest absolute Gasteiger partial charge is 0.0701 e. The number of thiophene rings is 1. The van der Waals surface area contributed by atoms with E-state index in [9.17, 15) is 0 Å². The van der Waals surface area contributed by atoms with E-state index in [1.807, 2.05) is 0 Å². The molecule has 0 saturated heterocycles. The van der Waals surface area contributed by atoms with E-state index in [4.69, 9.17) is 4.74 Å². The lowest BCUT2D eigenvalue weighted by atomic mass is 10.4. The highest BCUT2D eigenvalue weighted by Crippen LogP contribution is 2.21. The molecule has 0 aliphatic carbocycles. The first kappa shape index (κ1) is 14.1.